The van der Waals surface area contributed by atoms with Crippen LogP contribution in [0.25, 0.3) is 0 Å². The molecular weight excluding hydrogens is 120 g/mol. The molecule has 0 heterocycles. The first-order valence-electron chi connectivity index (χ1n) is 3.79. The molecule has 0 aromatic rings. The highest BCUT2D eigenvalue weighted by molar-refractivity contribution is 5.42. The van der Waals surface area contributed by atoms with Crippen molar-refractivity contribution < 1.29 is 0 Å². The fraction of sp³-hybridized carbons (Fsp3) is 0.400. The summed E-state index contributed by atoms with van der Waals surface area (Å²) in [5, 5.41) is 0. The highest BCUT2D eigenvalue weighted by Gasteiger charge is 2.07. The summed E-state index contributed by atoms with van der Waals surface area (Å²) in [6.45, 7) is 8.12. The summed E-state index contributed by atoms with van der Waals surface area (Å²) in [5.74, 6) is 0. The van der Waals surface area contributed by atoms with Crippen LogP contribution in [0.3, 0.4) is 0 Å². The first-order chi connectivity index (χ1) is 4.77. The van der Waals surface area contributed by atoms with E-state index < -0.39 is 0 Å². The van der Waals surface area contributed by atoms with E-state index >= 15 is 0 Å². The van der Waals surface area contributed by atoms with Gasteiger partial charge in [0.25, 0.3) is 0 Å². The van der Waals surface area contributed by atoms with Gasteiger partial charge in [0.05, 0.1) is 0 Å². The molecule has 0 N–H and O–H groups in total. The summed E-state index contributed by atoms with van der Waals surface area (Å²) < 4.78 is 0. The number of allylic oxidation sites excluding steroid dienone is 5. The van der Waals surface area contributed by atoms with Crippen LogP contribution in [0, 0.1) is 0 Å². The maximum atomic E-state index is 3.77. The van der Waals surface area contributed by atoms with Gasteiger partial charge in [-0.25, -0.2) is 0 Å². The molecule has 0 saturated heterocycles. The van der Waals surface area contributed by atoms with Crippen molar-refractivity contribution in [2.24, 2.45) is 0 Å². The van der Waals surface area contributed by atoms with Gasteiger partial charge in [0.2, 0.25) is 0 Å². The lowest BCUT2D eigenvalue weighted by Crippen LogP contribution is -1.76. The third-order valence-electron chi connectivity index (χ3n) is 2.05. The Morgan fingerprint density at radius 1 is 1.70 bits per heavy atom. The summed E-state index contributed by atoms with van der Waals surface area (Å²) in [4.78, 5) is 0. The molecule has 0 unspecified atom stereocenters. The predicted molar refractivity (Wildman–Crippen MR) is 45.9 cm³/mol. The monoisotopic (exact) mass is 134 g/mol. The molecule has 0 spiro atoms. The lowest BCUT2D eigenvalue weighted by molar-refractivity contribution is 1.03. The van der Waals surface area contributed by atoms with Crippen molar-refractivity contribution in [1.82, 2.24) is 0 Å². The molecule has 1 rings (SSSR count). The van der Waals surface area contributed by atoms with E-state index in [0.717, 1.165) is 6.42 Å². The smallest absolute Gasteiger partial charge is 0.00616 e. The standard InChI is InChI=1S/C10H14/c1-4-9-6-8(3)10(5-2)7-9/h5-6H,2,4,7H2,1,3H3. The van der Waals surface area contributed by atoms with Crippen molar-refractivity contribution in [3.8, 4) is 0 Å². The minimum absolute atomic E-state index is 1.13. The van der Waals surface area contributed by atoms with Crippen LogP contribution in [0.15, 0.2) is 35.5 Å². The number of hydrogen-bond donors (Lipinski definition) is 0. The Bertz CT molecular complexity index is 204. The lowest BCUT2D eigenvalue weighted by atomic mass is 10.1. The molecular formula is C10H14. The molecule has 0 saturated carbocycles. The highest BCUT2D eigenvalue weighted by atomic mass is 14.1. The summed E-state index contributed by atoms with van der Waals surface area (Å²) >= 11 is 0. The van der Waals surface area contributed by atoms with Gasteiger partial charge < -0.3 is 0 Å². The maximum Gasteiger partial charge on any atom is -0.00616 e. The molecule has 0 aromatic carbocycles. The Morgan fingerprint density at radius 2 is 2.40 bits per heavy atom. The van der Waals surface area contributed by atoms with Crippen LogP contribution in [0.1, 0.15) is 26.7 Å². The average molecular weight is 134 g/mol. The zero-order chi connectivity index (χ0) is 7.56. The fourth-order valence-electron chi connectivity index (χ4n) is 1.29. The Balaban J connectivity index is 2.73. The van der Waals surface area contributed by atoms with Crippen LogP contribution in [0.5, 0.6) is 0 Å². The van der Waals surface area contributed by atoms with Crippen molar-refractivity contribution in [3.63, 3.8) is 0 Å². The summed E-state index contributed by atoms with van der Waals surface area (Å²) in [6, 6.07) is 0. The van der Waals surface area contributed by atoms with Crippen LogP contribution < -0.4 is 0 Å². The molecule has 1 aliphatic rings. The second-order valence-corrected chi connectivity index (χ2v) is 2.75. The predicted octanol–water partition coefficient (Wildman–Crippen LogP) is 3.23. The van der Waals surface area contributed by atoms with Crippen LogP contribution in [-0.2, 0) is 0 Å². The average Bonchev–Trinajstić information content (AvgIpc) is 2.30. The van der Waals surface area contributed by atoms with Gasteiger partial charge >= 0.3 is 0 Å². The zero-order valence-electron chi connectivity index (χ0n) is 6.78. The van der Waals surface area contributed by atoms with Crippen molar-refractivity contribution in [1.29, 1.82) is 0 Å². The Kier molecular flexibility index (Phi) is 2.10. The van der Waals surface area contributed by atoms with Crippen LogP contribution in [-0.4, -0.2) is 0 Å². The van der Waals surface area contributed by atoms with Crippen molar-refractivity contribution in [2.45, 2.75) is 26.7 Å². The third-order valence-corrected chi connectivity index (χ3v) is 2.05. The maximum absolute atomic E-state index is 3.77. The number of hydrogen-bond acceptors (Lipinski definition) is 0. The van der Waals surface area contributed by atoms with Crippen LogP contribution in [0.4, 0.5) is 0 Å². The topological polar surface area (TPSA) is 0 Å². The van der Waals surface area contributed by atoms with Gasteiger partial charge in [0.1, 0.15) is 0 Å². The normalized spacial score (nSPS) is 17.6. The van der Waals surface area contributed by atoms with Gasteiger partial charge in [-0.3, -0.25) is 0 Å². The second kappa shape index (κ2) is 2.87. The fourth-order valence-corrected chi connectivity index (χ4v) is 1.29. The van der Waals surface area contributed by atoms with E-state index in [1.165, 1.54) is 23.1 Å². The molecule has 0 amide bonds. The van der Waals surface area contributed by atoms with E-state index in [9.17, 15) is 0 Å². The van der Waals surface area contributed by atoms with Gasteiger partial charge in [-0.1, -0.05) is 31.2 Å². The quantitative estimate of drug-likeness (QED) is 0.544. The molecule has 0 aromatic heterocycles. The largest absolute Gasteiger partial charge is 0.0988 e. The zero-order valence-corrected chi connectivity index (χ0v) is 6.78. The van der Waals surface area contributed by atoms with E-state index in [1.807, 2.05) is 6.08 Å². The Morgan fingerprint density at radius 3 is 2.70 bits per heavy atom. The molecule has 10 heavy (non-hydrogen) atoms. The molecule has 0 fully saturated rings. The second-order valence-electron chi connectivity index (χ2n) is 2.75. The molecule has 0 aliphatic heterocycles. The molecule has 0 heteroatoms. The summed E-state index contributed by atoms with van der Waals surface area (Å²) in [5.41, 5.74) is 4.33. The van der Waals surface area contributed by atoms with Gasteiger partial charge in [-0.15, -0.1) is 0 Å². The van der Waals surface area contributed by atoms with Gasteiger partial charge in [0.15, 0.2) is 0 Å². The first kappa shape index (κ1) is 7.33. The number of rotatable bonds is 2. The Labute approximate surface area is 62.9 Å². The van der Waals surface area contributed by atoms with E-state index in [-0.39, 0.29) is 0 Å². The van der Waals surface area contributed by atoms with Gasteiger partial charge in [0, 0.05) is 0 Å². The molecule has 0 atom stereocenters. The van der Waals surface area contributed by atoms with Crippen molar-refractivity contribution in [3.05, 3.63) is 35.5 Å². The van der Waals surface area contributed by atoms with Gasteiger partial charge in [-0.05, 0) is 30.9 Å². The Hall–Kier alpha value is -0.780. The minimum Gasteiger partial charge on any atom is -0.0988 e. The highest BCUT2D eigenvalue weighted by Crippen LogP contribution is 2.27. The van der Waals surface area contributed by atoms with Crippen molar-refractivity contribution >= 4 is 0 Å². The molecule has 0 nitrogen and oxygen atoms in total. The van der Waals surface area contributed by atoms with E-state index in [1.54, 1.807) is 0 Å². The third kappa shape index (κ3) is 1.21. The molecule has 0 bridgehead atoms. The molecule has 0 radical (unpaired) electrons. The van der Waals surface area contributed by atoms with Crippen LogP contribution in [0.2, 0.25) is 0 Å². The van der Waals surface area contributed by atoms with Crippen LogP contribution >= 0.6 is 0 Å². The summed E-state index contributed by atoms with van der Waals surface area (Å²) in [7, 11) is 0. The van der Waals surface area contributed by atoms with E-state index in [4.69, 9.17) is 0 Å². The van der Waals surface area contributed by atoms with Gasteiger partial charge in [-0.2, -0.15) is 0 Å². The summed E-state index contributed by atoms with van der Waals surface area (Å²) in [6.07, 6.45) is 6.55. The molecule has 54 valence electrons. The first-order valence-corrected chi connectivity index (χ1v) is 3.79. The molecule has 1 aliphatic carbocycles. The SMILES string of the molecule is C=CC1=C(C)C=C(CC)C1. The lowest BCUT2D eigenvalue weighted by Gasteiger charge is -1.95. The van der Waals surface area contributed by atoms with Crippen molar-refractivity contribution in [2.75, 3.05) is 0 Å². The minimum atomic E-state index is 1.13. The van der Waals surface area contributed by atoms with E-state index in [0.29, 0.717) is 0 Å². The van der Waals surface area contributed by atoms with E-state index in [2.05, 4.69) is 26.5 Å².